The second-order valence-corrected chi connectivity index (χ2v) is 6.97. The highest BCUT2D eigenvalue weighted by Crippen LogP contribution is 2.47. The second-order valence-electron chi connectivity index (χ2n) is 6.97. The van der Waals surface area contributed by atoms with Crippen molar-refractivity contribution in [3.63, 3.8) is 0 Å². The molecule has 0 amide bonds. The predicted molar refractivity (Wildman–Crippen MR) is 107 cm³/mol. The third kappa shape index (κ3) is 3.44. The Bertz CT molecular complexity index is 1150. The SMILES string of the molecule is CCO[C@@H]1C[C@@H]2C([N+](=O)[O-])=C(c3c(OC)cc(OC)cc3OC)c3c(no[n+]3[O-])C2=[N+]([O-])O1. The number of ether oxygens (including phenoxy) is 4. The molecule has 0 spiro atoms. The quantitative estimate of drug-likeness (QED) is 0.325. The van der Waals surface area contributed by atoms with Crippen molar-refractivity contribution in [2.24, 2.45) is 5.92 Å². The number of methoxy groups -OCH3 is 3. The summed E-state index contributed by atoms with van der Waals surface area (Å²) < 4.78 is 26.3. The first kappa shape index (κ1) is 22.1. The molecule has 176 valence electrons. The molecule has 1 aliphatic carbocycles. The Labute approximate surface area is 186 Å². The van der Waals surface area contributed by atoms with Gasteiger partial charge in [0.05, 0.1) is 37.0 Å². The molecule has 4 rings (SSSR count). The van der Waals surface area contributed by atoms with Crippen LogP contribution >= 0.6 is 0 Å². The number of allylic oxidation sites excluding steroid dienone is 1. The highest BCUT2D eigenvalue weighted by molar-refractivity contribution is 6.07. The predicted octanol–water partition coefficient (Wildman–Crippen LogP) is 0.997. The number of rotatable bonds is 7. The summed E-state index contributed by atoms with van der Waals surface area (Å²) in [5.74, 6) is -0.522. The van der Waals surface area contributed by atoms with Crippen LogP contribution in [0.15, 0.2) is 22.5 Å². The topological polar surface area (TPSA) is 168 Å². The first-order valence-electron chi connectivity index (χ1n) is 9.78. The molecule has 14 heteroatoms. The molecular formula is C19H20N4O10. The summed E-state index contributed by atoms with van der Waals surface area (Å²) in [5.41, 5.74) is -1.31. The van der Waals surface area contributed by atoms with E-state index in [1.165, 1.54) is 33.5 Å². The van der Waals surface area contributed by atoms with E-state index in [1.807, 2.05) is 0 Å². The molecule has 2 aliphatic rings. The van der Waals surface area contributed by atoms with Crippen molar-refractivity contribution in [2.75, 3.05) is 27.9 Å². The summed E-state index contributed by atoms with van der Waals surface area (Å²) in [5, 5.41) is 41.4. The van der Waals surface area contributed by atoms with Gasteiger partial charge in [-0.25, -0.2) is 0 Å². The fraction of sp³-hybridized carbons (Fsp3) is 0.421. The Morgan fingerprint density at radius 3 is 2.39 bits per heavy atom. The first-order chi connectivity index (χ1) is 15.9. The normalized spacial score (nSPS) is 19.5. The zero-order valence-electron chi connectivity index (χ0n) is 18.1. The number of hydrogen-bond donors (Lipinski definition) is 0. The van der Waals surface area contributed by atoms with Crippen LogP contribution in [0.2, 0.25) is 0 Å². The molecule has 1 aromatic carbocycles. The van der Waals surface area contributed by atoms with Gasteiger partial charge in [-0.3, -0.25) is 20.0 Å². The van der Waals surface area contributed by atoms with Gasteiger partial charge in [0.15, 0.2) is 6.29 Å². The lowest BCUT2D eigenvalue weighted by Gasteiger charge is -2.29. The number of fused-ring (bicyclic) bond motifs is 3. The Morgan fingerprint density at radius 1 is 1.18 bits per heavy atom. The summed E-state index contributed by atoms with van der Waals surface area (Å²) >= 11 is 0. The minimum Gasteiger partial charge on any atom is -0.496 e. The Kier molecular flexibility index (Phi) is 5.68. The van der Waals surface area contributed by atoms with Crippen molar-refractivity contribution < 1.29 is 43.1 Å². The lowest BCUT2D eigenvalue weighted by atomic mass is 9.80. The molecule has 0 fully saturated rings. The highest BCUT2D eigenvalue weighted by Gasteiger charge is 2.56. The van der Waals surface area contributed by atoms with Gasteiger partial charge in [0.1, 0.15) is 28.7 Å². The molecule has 14 nitrogen and oxygen atoms in total. The van der Waals surface area contributed by atoms with Crippen LogP contribution in [-0.2, 0) is 9.57 Å². The Morgan fingerprint density at radius 2 is 1.85 bits per heavy atom. The lowest BCUT2D eigenvalue weighted by molar-refractivity contribution is -0.804. The maximum absolute atomic E-state index is 12.7. The maximum atomic E-state index is 12.7. The number of nitro groups is 1. The molecule has 1 aromatic heterocycles. The van der Waals surface area contributed by atoms with Gasteiger partial charge in [0.2, 0.25) is 5.69 Å². The molecule has 1 aliphatic heterocycles. The van der Waals surface area contributed by atoms with Gasteiger partial charge in [0, 0.05) is 30.1 Å². The van der Waals surface area contributed by atoms with Gasteiger partial charge in [-0.1, -0.05) is 0 Å². The average molecular weight is 464 g/mol. The van der Waals surface area contributed by atoms with E-state index in [-0.39, 0.29) is 62.6 Å². The molecule has 0 saturated heterocycles. The molecular weight excluding hydrogens is 444 g/mol. The second kappa shape index (κ2) is 8.46. The van der Waals surface area contributed by atoms with Crippen LogP contribution in [-0.4, -0.2) is 54.9 Å². The monoisotopic (exact) mass is 464 g/mol. The molecule has 0 unspecified atom stereocenters. The maximum Gasteiger partial charge on any atom is 0.322 e. The first-order valence-corrected chi connectivity index (χ1v) is 9.78. The van der Waals surface area contributed by atoms with E-state index in [1.54, 1.807) is 6.92 Å². The van der Waals surface area contributed by atoms with Crippen LogP contribution in [0.3, 0.4) is 0 Å². The zero-order valence-corrected chi connectivity index (χ0v) is 18.1. The Balaban J connectivity index is 2.10. The van der Waals surface area contributed by atoms with E-state index in [0.717, 1.165) is 0 Å². The van der Waals surface area contributed by atoms with Crippen LogP contribution in [0.4, 0.5) is 0 Å². The van der Waals surface area contributed by atoms with Crippen molar-refractivity contribution in [1.82, 2.24) is 5.16 Å². The van der Waals surface area contributed by atoms with Crippen LogP contribution in [0.1, 0.15) is 30.3 Å². The van der Waals surface area contributed by atoms with Crippen LogP contribution in [0, 0.1) is 26.4 Å². The van der Waals surface area contributed by atoms with Gasteiger partial charge >= 0.3 is 11.4 Å². The van der Waals surface area contributed by atoms with Crippen molar-refractivity contribution in [3.05, 3.63) is 55.3 Å². The summed E-state index contributed by atoms with van der Waals surface area (Å²) in [6.07, 6.45) is -1.13. The number of benzene rings is 1. The number of nitrogens with zero attached hydrogens (tertiary/aromatic N) is 4. The van der Waals surface area contributed by atoms with Crippen molar-refractivity contribution in [3.8, 4) is 17.2 Å². The smallest absolute Gasteiger partial charge is 0.322 e. The van der Waals surface area contributed by atoms with Gasteiger partial charge in [-0.2, -0.15) is 0 Å². The molecule has 0 saturated carbocycles. The minimum absolute atomic E-state index is 0.0109. The number of aromatic nitrogens is 2. The summed E-state index contributed by atoms with van der Waals surface area (Å²) in [6.45, 7) is 1.90. The molecule has 33 heavy (non-hydrogen) atoms. The molecule has 0 radical (unpaired) electrons. The Hall–Kier alpha value is -4.07. The molecule has 2 heterocycles. The standard InChI is InChI=1S/C19H20N4O10/c1-5-31-13-8-10-17(21(24)25)15(14-11(29-3)6-9(28-2)7-12(14)30-4)19-16(20-33-23(19)27)18(10)22(26)32-13/h6-7,10,13H,5,8H2,1-4H3/t10-,13+/m1/s1. The largest absolute Gasteiger partial charge is 0.496 e. The van der Waals surface area contributed by atoms with E-state index < -0.39 is 22.8 Å². The van der Waals surface area contributed by atoms with E-state index in [9.17, 15) is 20.5 Å². The third-order valence-electron chi connectivity index (χ3n) is 5.36. The van der Waals surface area contributed by atoms with E-state index in [0.29, 0.717) is 5.75 Å². The van der Waals surface area contributed by atoms with E-state index in [2.05, 4.69) is 5.16 Å². The van der Waals surface area contributed by atoms with E-state index >= 15 is 0 Å². The lowest BCUT2D eigenvalue weighted by Crippen LogP contribution is -2.45. The highest BCUT2D eigenvalue weighted by atomic mass is 16.9. The molecule has 0 bridgehead atoms. The summed E-state index contributed by atoms with van der Waals surface area (Å²) in [4.78, 5) is 17.0. The number of hydrogen-bond acceptors (Lipinski definition) is 11. The minimum atomic E-state index is -1.13. The van der Waals surface area contributed by atoms with Gasteiger partial charge in [0.25, 0.3) is 5.70 Å². The fourth-order valence-corrected chi connectivity index (χ4v) is 4.05. The molecule has 0 N–H and O–H groups in total. The summed E-state index contributed by atoms with van der Waals surface area (Å²) in [7, 11) is 4.13. The van der Waals surface area contributed by atoms with Crippen LogP contribution in [0.25, 0.3) is 5.57 Å². The van der Waals surface area contributed by atoms with Crippen LogP contribution < -0.4 is 19.1 Å². The summed E-state index contributed by atoms with van der Waals surface area (Å²) in [6, 6.07) is 2.97. The van der Waals surface area contributed by atoms with Gasteiger partial charge < -0.3 is 29.0 Å². The average Bonchev–Trinajstić information content (AvgIpc) is 3.18. The molecule has 2 aromatic rings. The van der Waals surface area contributed by atoms with Crippen LogP contribution in [0.5, 0.6) is 17.2 Å². The zero-order chi connectivity index (χ0) is 23.9. The van der Waals surface area contributed by atoms with Gasteiger partial charge in [-0.05, 0) is 11.8 Å². The van der Waals surface area contributed by atoms with Crippen molar-refractivity contribution in [1.29, 1.82) is 0 Å². The fourth-order valence-electron chi connectivity index (χ4n) is 4.05. The molecule has 2 atom stereocenters. The van der Waals surface area contributed by atoms with Gasteiger partial charge in [-0.15, -0.1) is 0 Å². The third-order valence-corrected chi connectivity index (χ3v) is 5.36. The van der Waals surface area contributed by atoms with Crippen molar-refractivity contribution in [2.45, 2.75) is 19.6 Å². The van der Waals surface area contributed by atoms with E-state index in [4.69, 9.17) is 28.4 Å². The van der Waals surface area contributed by atoms with Crippen molar-refractivity contribution >= 4 is 11.3 Å².